The van der Waals surface area contributed by atoms with Gasteiger partial charge < -0.3 is 14.2 Å². The maximum atomic E-state index is 12.8. The number of ketones is 1. The highest BCUT2D eigenvalue weighted by molar-refractivity contribution is 5.99. The van der Waals surface area contributed by atoms with Gasteiger partial charge in [-0.2, -0.15) is 5.10 Å². The molecule has 30 heavy (non-hydrogen) atoms. The molecule has 1 aromatic carbocycles. The van der Waals surface area contributed by atoms with Crippen LogP contribution in [0.1, 0.15) is 40.1 Å². The first-order chi connectivity index (χ1) is 14.6. The summed E-state index contributed by atoms with van der Waals surface area (Å²) in [4.78, 5) is 27.1. The molecule has 8 heteroatoms. The Hall–Kier alpha value is -3.42. The number of ether oxygens (including phenoxy) is 1. The molecule has 0 saturated carbocycles. The number of hydrogen-bond acceptors (Lipinski definition) is 6. The fraction of sp³-hybridized carbons (Fsp3) is 0.364. The van der Waals surface area contributed by atoms with Gasteiger partial charge in [-0.25, -0.2) is 0 Å². The highest BCUT2D eigenvalue weighted by Crippen LogP contribution is 2.34. The molecule has 3 aromatic rings. The van der Waals surface area contributed by atoms with Crippen LogP contribution in [0.3, 0.4) is 0 Å². The van der Waals surface area contributed by atoms with Crippen LogP contribution >= 0.6 is 0 Å². The molecule has 4 heterocycles. The molecule has 1 saturated heterocycles. The molecule has 2 aromatic heterocycles. The smallest absolute Gasteiger partial charge is 0.276 e. The lowest BCUT2D eigenvalue weighted by atomic mass is 9.86. The number of aryl methyl sites for hydroxylation is 1. The zero-order valence-electron chi connectivity index (χ0n) is 16.7. The van der Waals surface area contributed by atoms with E-state index in [1.807, 2.05) is 37.5 Å². The van der Waals surface area contributed by atoms with Crippen molar-refractivity contribution in [1.29, 1.82) is 0 Å². The zero-order valence-corrected chi connectivity index (χ0v) is 16.7. The molecule has 154 valence electrons. The van der Waals surface area contributed by atoms with E-state index in [9.17, 15) is 9.59 Å². The van der Waals surface area contributed by atoms with E-state index < -0.39 is 0 Å². The molecule has 0 bridgehead atoms. The third-order valence-corrected chi connectivity index (χ3v) is 5.92. The van der Waals surface area contributed by atoms with Gasteiger partial charge in [0.1, 0.15) is 11.9 Å². The van der Waals surface area contributed by atoms with Crippen LogP contribution in [0.4, 0.5) is 0 Å². The van der Waals surface area contributed by atoms with Crippen molar-refractivity contribution < 1.29 is 18.8 Å². The molecule has 1 fully saturated rings. The summed E-state index contributed by atoms with van der Waals surface area (Å²) in [6.45, 7) is 1.21. The van der Waals surface area contributed by atoms with E-state index in [1.165, 1.54) is 0 Å². The van der Waals surface area contributed by atoms with E-state index in [0.717, 1.165) is 18.4 Å². The summed E-state index contributed by atoms with van der Waals surface area (Å²) >= 11 is 0. The summed E-state index contributed by atoms with van der Waals surface area (Å²) in [6.07, 6.45) is 5.33. The van der Waals surface area contributed by atoms with Crippen LogP contribution < -0.4 is 4.74 Å². The molecular formula is C22H22N4O4. The number of aromatic nitrogens is 3. The number of nitrogens with zero attached hydrogens (tertiary/aromatic N) is 4. The molecule has 2 aliphatic rings. The second-order valence-corrected chi connectivity index (χ2v) is 7.89. The van der Waals surface area contributed by atoms with Crippen molar-refractivity contribution in [3.05, 3.63) is 54.0 Å². The van der Waals surface area contributed by atoms with Crippen molar-refractivity contribution in [2.24, 2.45) is 13.0 Å². The molecule has 0 spiro atoms. The summed E-state index contributed by atoms with van der Waals surface area (Å²) in [7, 11) is 1.82. The molecule has 0 radical (unpaired) electrons. The van der Waals surface area contributed by atoms with E-state index in [0.29, 0.717) is 42.3 Å². The van der Waals surface area contributed by atoms with Crippen LogP contribution in [0.25, 0.3) is 11.3 Å². The maximum Gasteiger partial charge on any atom is 0.276 e. The molecular weight excluding hydrogens is 384 g/mol. The third kappa shape index (κ3) is 3.38. The van der Waals surface area contributed by atoms with Gasteiger partial charge >= 0.3 is 0 Å². The van der Waals surface area contributed by atoms with Gasteiger partial charge in [-0.3, -0.25) is 14.3 Å². The van der Waals surface area contributed by atoms with E-state index in [2.05, 4.69) is 10.3 Å². The molecule has 1 atom stereocenters. The van der Waals surface area contributed by atoms with Crippen LogP contribution in [0.15, 0.2) is 47.2 Å². The van der Waals surface area contributed by atoms with Crippen molar-refractivity contribution in [2.75, 3.05) is 13.1 Å². The van der Waals surface area contributed by atoms with Gasteiger partial charge in [-0.15, -0.1) is 0 Å². The number of hydrogen-bond donors (Lipinski definition) is 0. The van der Waals surface area contributed by atoms with E-state index in [-0.39, 0.29) is 23.7 Å². The van der Waals surface area contributed by atoms with E-state index in [4.69, 9.17) is 9.26 Å². The monoisotopic (exact) mass is 406 g/mol. The lowest BCUT2D eigenvalue weighted by Gasteiger charge is -2.37. The predicted molar refractivity (Wildman–Crippen MR) is 107 cm³/mol. The second kappa shape index (κ2) is 7.44. The Morgan fingerprint density at radius 3 is 2.77 bits per heavy atom. The Kier molecular flexibility index (Phi) is 4.61. The van der Waals surface area contributed by atoms with E-state index >= 15 is 0 Å². The van der Waals surface area contributed by atoms with Crippen LogP contribution in [0.2, 0.25) is 0 Å². The molecule has 2 aliphatic heterocycles. The quantitative estimate of drug-likeness (QED) is 0.664. The summed E-state index contributed by atoms with van der Waals surface area (Å²) in [5.41, 5.74) is 1.74. The fourth-order valence-corrected chi connectivity index (χ4v) is 4.26. The van der Waals surface area contributed by atoms with Gasteiger partial charge in [0.05, 0.1) is 17.3 Å². The van der Waals surface area contributed by atoms with Crippen LogP contribution in [-0.2, 0) is 7.05 Å². The Morgan fingerprint density at radius 2 is 2.00 bits per heavy atom. The highest BCUT2D eigenvalue weighted by atomic mass is 16.5. The molecule has 5 rings (SSSR count). The minimum atomic E-state index is -0.140. The molecule has 8 nitrogen and oxygen atoms in total. The van der Waals surface area contributed by atoms with Gasteiger partial charge in [0.2, 0.25) is 0 Å². The Morgan fingerprint density at radius 1 is 1.20 bits per heavy atom. The van der Waals surface area contributed by atoms with Crippen molar-refractivity contribution in [3.63, 3.8) is 0 Å². The number of fused-ring (bicyclic) bond motifs is 1. The number of piperidine rings is 1. The third-order valence-electron chi connectivity index (χ3n) is 5.92. The molecule has 0 aliphatic carbocycles. The standard InChI is InChI=1S/C22H22N4O4/c1-25-13-15(12-23-25)21-10-17(24-30-21)22(28)26-8-6-14(7-9-26)20-11-18(27)16-4-2-3-5-19(16)29-20/h2-5,10,12-14,20H,6-9,11H2,1H3/t20-/m0/s1. The Bertz CT molecular complexity index is 1090. The van der Waals surface area contributed by atoms with Crippen molar-refractivity contribution >= 4 is 11.7 Å². The molecule has 1 amide bonds. The van der Waals surface area contributed by atoms with Crippen molar-refractivity contribution in [2.45, 2.75) is 25.4 Å². The first-order valence-corrected chi connectivity index (χ1v) is 10.1. The lowest BCUT2D eigenvalue weighted by Crippen LogP contribution is -2.44. The Labute approximate surface area is 173 Å². The topological polar surface area (TPSA) is 90.5 Å². The lowest BCUT2D eigenvalue weighted by molar-refractivity contribution is 0.0447. The summed E-state index contributed by atoms with van der Waals surface area (Å²) < 4.78 is 13.1. The number of para-hydroxylation sites is 1. The summed E-state index contributed by atoms with van der Waals surface area (Å²) in [5, 5.41) is 8.06. The second-order valence-electron chi connectivity index (χ2n) is 7.89. The Balaban J connectivity index is 1.22. The number of carbonyl (C=O) groups is 2. The predicted octanol–water partition coefficient (Wildman–Crippen LogP) is 2.96. The number of Topliss-reactive ketones (excluding diaryl/α,β-unsaturated/α-hetero) is 1. The molecule has 0 unspecified atom stereocenters. The van der Waals surface area contributed by atoms with Crippen molar-refractivity contribution in [3.8, 4) is 17.1 Å². The SMILES string of the molecule is Cn1cc(-c2cc(C(=O)N3CCC([C@@H]4CC(=O)c5ccccc5O4)CC3)no2)cn1. The average molecular weight is 406 g/mol. The van der Waals surface area contributed by atoms with Crippen LogP contribution in [0.5, 0.6) is 5.75 Å². The average Bonchev–Trinajstić information content (AvgIpc) is 3.42. The number of likely N-dealkylation sites (tertiary alicyclic amines) is 1. The van der Waals surface area contributed by atoms with Crippen LogP contribution in [0, 0.1) is 5.92 Å². The highest BCUT2D eigenvalue weighted by Gasteiger charge is 2.35. The number of benzene rings is 1. The minimum Gasteiger partial charge on any atom is -0.489 e. The van der Waals surface area contributed by atoms with Gasteiger partial charge in [-0.1, -0.05) is 17.3 Å². The normalized spacial score (nSPS) is 19.4. The van der Waals surface area contributed by atoms with Crippen molar-refractivity contribution in [1.82, 2.24) is 19.8 Å². The largest absolute Gasteiger partial charge is 0.489 e. The first-order valence-electron chi connectivity index (χ1n) is 10.1. The maximum absolute atomic E-state index is 12.8. The van der Waals surface area contributed by atoms with Gasteiger partial charge in [0.25, 0.3) is 5.91 Å². The first kappa shape index (κ1) is 18.6. The number of carbonyl (C=O) groups excluding carboxylic acids is 2. The minimum absolute atomic E-state index is 0.130. The summed E-state index contributed by atoms with van der Waals surface area (Å²) in [6, 6.07) is 9.06. The number of amides is 1. The molecule has 0 N–H and O–H groups in total. The zero-order chi connectivity index (χ0) is 20.7. The fourth-order valence-electron chi connectivity index (χ4n) is 4.26. The van der Waals surface area contributed by atoms with E-state index in [1.54, 1.807) is 21.8 Å². The van der Waals surface area contributed by atoms with Gasteiger partial charge in [0.15, 0.2) is 17.2 Å². The van der Waals surface area contributed by atoms with Gasteiger partial charge in [0, 0.05) is 38.8 Å². The summed E-state index contributed by atoms with van der Waals surface area (Å²) in [5.74, 6) is 1.43. The number of rotatable bonds is 3. The van der Waals surface area contributed by atoms with Gasteiger partial charge in [-0.05, 0) is 30.9 Å². The van der Waals surface area contributed by atoms with Crippen LogP contribution in [-0.4, -0.2) is 50.7 Å².